The highest BCUT2D eigenvalue weighted by Crippen LogP contribution is 2.18. The third-order valence-electron chi connectivity index (χ3n) is 1.81. The molecule has 1 heterocycles. The first-order chi connectivity index (χ1) is 7.41. The monoisotopic (exact) mass is 288 g/mol. The van der Waals surface area contributed by atoms with E-state index in [-0.39, 0.29) is 11.4 Å². The molecule has 7 heteroatoms. The Morgan fingerprint density at radius 2 is 2.12 bits per heavy atom. The number of carboxylic acids is 2. The zero-order valence-electron chi connectivity index (χ0n) is 8.27. The molecule has 1 rings (SSSR count). The van der Waals surface area contributed by atoms with Gasteiger partial charge in [-0.15, -0.1) is 0 Å². The first-order valence-electron chi connectivity index (χ1n) is 4.30. The smallest absolute Gasteiger partial charge is 0.339 e. The second-order valence-corrected chi connectivity index (χ2v) is 3.97. The Hall–Kier alpha value is -1.63. The summed E-state index contributed by atoms with van der Waals surface area (Å²) in [5.41, 5.74) is -0.0810. The number of anilines is 1. The fourth-order valence-corrected chi connectivity index (χ4v) is 1.32. The number of hydrogen-bond donors (Lipinski definition) is 3. The number of rotatable bonds is 4. The summed E-state index contributed by atoms with van der Waals surface area (Å²) < 4.78 is 0.512. The number of aromatic carboxylic acids is 1. The molecule has 0 aliphatic heterocycles. The summed E-state index contributed by atoms with van der Waals surface area (Å²) in [5, 5.41) is 20.1. The lowest BCUT2D eigenvalue weighted by molar-refractivity contribution is -0.137. The predicted molar refractivity (Wildman–Crippen MR) is 59.6 cm³/mol. The van der Waals surface area contributed by atoms with Gasteiger partial charge in [0.25, 0.3) is 0 Å². The number of carbonyl (C=O) groups is 2. The normalized spacial score (nSPS) is 11.9. The minimum atomic E-state index is -1.17. The van der Waals surface area contributed by atoms with Crippen molar-refractivity contribution in [3.63, 3.8) is 0 Å². The Morgan fingerprint density at radius 3 is 2.62 bits per heavy atom. The highest BCUT2D eigenvalue weighted by molar-refractivity contribution is 9.10. The Bertz CT molecular complexity index is 436. The van der Waals surface area contributed by atoms with Gasteiger partial charge in [-0.3, -0.25) is 4.79 Å². The van der Waals surface area contributed by atoms with E-state index < -0.39 is 18.0 Å². The van der Waals surface area contributed by atoms with Gasteiger partial charge in [0, 0.05) is 10.7 Å². The number of hydrogen-bond acceptors (Lipinski definition) is 4. The molecule has 0 aliphatic rings. The van der Waals surface area contributed by atoms with Crippen LogP contribution < -0.4 is 5.32 Å². The number of aliphatic carboxylic acids is 1. The molecule has 1 aromatic heterocycles. The highest BCUT2D eigenvalue weighted by atomic mass is 79.9. The average Bonchev–Trinajstić information content (AvgIpc) is 2.20. The van der Waals surface area contributed by atoms with E-state index in [2.05, 4.69) is 26.2 Å². The lowest BCUT2D eigenvalue weighted by atomic mass is 10.2. The van der Waals surface area contributed by atoms with Crippen LogP contribution in [0, 0.1) is 0 Å². The summed E-state index contributed by atoms with van der Waals surface area (Å²) in [6, 6.07) is 0.443. The van der Waals surface area contributed by atoms with Crippen molar-refractivity contribution < 1.29 is 19.8 Å². The SMILES string of the molecule is CC(Nc1ncc(Br)cc1C(=O)O)C(=O)O. The fourth-order valence-electron chi connectivity index (χ4n) is 0.984. The van der Waals surface area contributed by atoms with Crippen molar-refractivity contribution in [1.82, 2.24) is 4.98 Å². The molecule has 0 saturated heterocycles. The number of nitrogens with zero attached hydrogens (tertiary/aromatic N) is 1. The zero-order valence-corrected chi connectivity index (χ0v) is 9.85. The van der Waals surface area contributed by atoms with Gasteiger partial charge in [0.05, 0.1) is 0 Å². The standard InChI is InChI=1S/C9H9BrN2O4/c1-4(8(13)14)12-7-6(9(15)16)2-5(10)3-11-7/h2-4H,1H3,(H,11,12)(H,13,14)(H,15,16). The minimum Gasteiger partial charge on any atom is -0.480 e. The topological polar surface area (TPSA) is 99.5 Å². The maximum Gasteiger partial charge on any atom is 0.339 e. The van der Waals surface area contributed by atoms with Gasteiger partial charge >= 0.3 is 11.9 Å². The van der Waals surface area contributed by atoms with E-state index in [4.69, 9.17) is 10.2 Å². The van der Waals surface area contributed by atoms with Gasteiger partial charge in [0.15, 0.2) is 0 Å². The van der Waals surface area contributed by atoms with Crippen molar-refractivity contribution in [2.45, 2.75) is 13.0 Å². The molecule has 1 atom stereocenters. The number of carboxylic acid groups (broad SMARTS) is 2. The van der Waals surface area contributed by atoms with Crippen LogP contribution in [-0.4, -0.2) is 33.2 Å². The van der Waals surface area contributed by atoms with Gasteiger partial charge in [-0.2, -0.15) is 0 Å². The van der Waals surface area contributed by atoms with Gasteiger partial charge in [0.2, 0.25) is 0 Å². The second-order valence-electron chi connectivity index (χ2n) is 3.06. The van der Waals surface area contributed by atoms with Crippen LogP contribution in [0.25, 0.3) is 0 Å². The van der Waals surface area contributed by atoms with E-state index in [1.807, 2.05) is 0 Å². The van der Waals surface area contributed by atoms with Crippen molar-refractivity contribution in [3.05, 3.63) is 22.3 Å². The molecule has 0 bridgehead atoms. The molecule has 16 heavy (non-hydrogen) atoms. The number of nitrogens with one attached hydrogen (secondary N) is 1. The van der Waals surface area contributed by atoms with E-state index in [1.54, 1.807) is 0 Å². The lowest BCUT2D eigenvalue weighted by Crippen LogP contribution is -2.27. The third-order valence-corrected chi connectivity index (χ3v) is 2.24. The van der Waals surface area contributed by atoms with Gasteiger partial charge in [-0.25, -0.2) is 9.78 Å². The van der Waals surface area contributed by atoms with Crippen LogP contribution in [0.5, 0.6) is 0 Å². The van der Waals surface area contributed by atoms with Crippen LogP contribution in [0.1, 0.15) is 17.3 Å². The van der Waals surface area contributed by atoms with Gasteiger partial charge < -0.3 is 15.5 Å². The number of halogens is 1. The largest absolute Gasteiger partial charge is 0.480 e. The summed E-state index contributed by atoms with van der Waals surface area (Å²) in [4.78, 5) is 25.3. The molecule has 0 radical (unpaired) electrons. The van der Waals surface area contributed by atoms with Crippen molar-refractivity contribution in [1.29, 1.82) is 0 Å². The maximum atomic E-state index is 10.9. The van der Waals surface area contributed by atoms with Crippen molar-refractivity contribution >= 4 is 33.7 Å². The molecule has 6 nitrogen and oxygen atoms in total. The van der Waals surface area contributed by atoms with Crippen molar-refractivity contribution in [3.8, 4) is 0 Å². The molecule has 3 N–H and O–H groups in total. The minimum absolute atomic E-state index is 0.0330. The van der Waals surface area contributed by atoms with Crippen LogP contribution in [-0.2, 0) is 4.79 Å². The summed E-state index contributed by atoms with van der Waals surface area (Å²) in [5.74, 6) is -2.22. The average molecular weight is 289 g/mol. The van der Waals surface area contributed by atoms with Crippen LogP contribution in [0.4, 0.5) is 5.82 Å². The van der Waals surface area contributed by atoms with Crippen LogP contribution >= 0.6 is 15.9 Å². The molecule has 1 unspecified atom stereocenters. The summed E-state index contributed by atoms with van der Waals surface area (Å²) >= 11 is 3.09. The Morgan fingerprint density at radius 1 is 1.50 bits per heavy atom. The van der Waals surface area contributed by atoms with Gasteiger partial charge in [0.1, 0.15) is 17.4 Å². The second kappa shape index (κ2) is 4.93. The molecule has 0 saturated carbocycles. The molecule has 0 amide bonds. The van der Waals surface area contributed by atoms with E-state index in [0.717, 1.165) is 0 Å². The van der Waals surface area contributed by atoms with E-state index in [0.29, 0.717) is 4.47 Å². The molecular formula is C9H9BrN2O4. The van der Waals surface area contributed by atoms with E-state index in [1.165, 1.54) is 19.2 Å². The summed E-state index contributed by atoms with van der Waals surface area (Å²) in [6.45, 7) is 1.40. The molecular weight excluding hydrogens is 280 g/mol. The van der Waals surface area contributed by atoms with E-state index in [9.17, 15) is 9.59 Å². The lowest BCUT2D eigenvalue weighted by Gasteiger charge is -2.11. The molecule has 86 valence electrons. The first kappa shape index (κ1) is 12.4. The Balaban J connectivity index is 3.04. The first-order valence-corrected chi connectivity index (χ1v) is 5.09. The van der Waals surface area contributed by atoms with Crippen molar-refractivity contribution in [2.75, 3.05) is 5.32 Å². The predicted octanol–water partition coefficient (Wildman–Crippen LogP) is 1.43. The molecule has 0 aliphatic carbocycles. The highest BCUT2D eigenvalue weighted by Gasteiger charge is 2.17. The van der Waals surface area contributed by atoms with Gasteiger partial charge in [-0.05, 0) is 28.9 Å². The number of pyridine rings is 1. The Labute approximate surface area is 99.4 Å². The molecule has 0 aromatic carbocycles. The molecule has 0 fully saturated rings. The summed E-state index contributed by atoms with van der Waals surface area (Å²) in [6.07, 6.45) is 1.39. The Kier molecular flexibility index (Phi) is 3.83. The summed E-state index contributed by atoms with van der Waals surface area (Å²) in [7, 11) is 0. The zero-order chi connectivity index (χ0) is 12.3. The number of aromatic nitrogens is 1. The maximum absolute atomic E-state index is 10.9. The van der Waals surface area contributed by atoms with Crippen LogP contribution in [0.2, 0.25) is 0 Å². The fraction of sp³-hybridized carbons (Fsp3) is 0.222. The quantitative estimate of drug-likeness (QED) is 0.775. The van der Waals surface area contributed by atoms with Gasteiger partial charge in [-0.1, -0.05) is 0 Å². The molecule has 1 aromatic rings. The third kappa shape index (κ3) is 2.93. The molecule has 0 spiro atoms. The van der Waals surface area contributed by atoms with E-state index >= 15 is 0 Å². The van der Waals surface area contributed by atoms with Crippen LogP contribution in [0.15, 0.2) is 16.7 Å². The van der Waals surface area contributed by atoms with Crippen LogP contribution in [0.3, 0.4) is 0 Å². The van der Waals surface area contributed by atoms with Crippen molar-refractivity contribution in [2.24, 2.45) is 0 Å².